The van der Waals surface area contributed by atoms with Gasteiger partial charge in [0.15, 0.2) is 5.82 Å². The average molecular weight is 302 g/mol. The molecule has 0 aliphatic heterocycles. The molecule has 0 spiro atoms. The molecule has 0 saturated carbocycles. The molecule has 0 radical (unpaired) electrons. The fraction of sp³-hybridized carbons (Fsp3) is 0.143. The number of ether oxygens (including phenoxy) is 1. The zero-order valence-corrected chi connectivity index (χ0v) is 12.2. The second-order valence-corrected chi connectivity index (χ2v) is 4.74. The maximum absolute atomic E-state index is 6.02. The number of methoxy groups -OCH3 is 1. The van der Waals surface area contributed by atoms with Crippen LogP contribution in [0.3, 0.4) is 0 Å². The number of aryl methyl sites for hydroxylation is 1. The van der Waals surface area contributed by atoms with Crippen molar-refractivity contribution in [1.82, 2.24) is 24.5 Å². The third-order valence-corrected chi connectivity index (χ3v) is 3.10. The van der Waals surface area contributed by atoms with Crippen LogP contribution in [0.1, 0.15) is 5.56 Å². The molecule has 0 unspecified atom stereocenters. The summed E-state index contributed by atoms with van der Waals surface area (Å²) in [7, 11) is 1.60. The number of hydrogen-bond acceptors (Lipinski definition) is 5. The van der Waals surface area contributed by atoms with Gasteiger partial charge in [0.2, 0.25) is 11.2 Å². The van der Waals surface area contributed by atoms with Crippen molar-refractivity contribution >= 4 is 11.6 Å². The molecule has 0 amide bonds. The first-order valence-electron chi connectivity index (χ1n) is 6.22. The lowest BCUT2D eigenvalue weighted by Gasteiger charge is -2.09. The lowest BCUT2D eigenvalue weighted by atomic mass is 10.1. The van der Waals surface area contributed by atoms with Gasteiger partial charge in [-0.25, -0.2) is 4.98 Å². The lowest BCUT2D eigenvalue weighted by molar-refractivity contribution is 0.416. The van der Waals surface area contributed by atoms with Crippen molar-refractivity contribution in [2.24, 2.45) is 0 Å². The first kappa shape index (κ1) is 13.5. The van der Waals surface area contributed by atoms with Gasteiger partial charge in [-0.3, -0.25) is 4.57 Å². The predicted molar refractivity (Wildman–Crippen MR) is 78.7 cm³/mol. The van der Waals surface area contributed by atoms with E-state index in [1.807, 2.05) is 25.1 Å². The maximum atomic E-state index is 6.02. The van der Waals surface area contributed by atoms with E-state index in [1.165, 1.54) is 0 Å². The van der Waals surface area contributed by atoms with Crippen LogP contribution in [0.2, 0.25) is 5.28 Å². The van der Waals surface area contributed by atoms with Crippen molar-refractivity contribution < 1.29 is 4.74 Å². The summed E-state index contributed by atoms with van der Waals surface area (Å²) < 4.78 is 7.03. The summed E-state index contributed by atoms with van der Waals surface area (Å²) in [6.45, 7) is 1.99. The Balaban J connectivity index is 2.17. The van der Waals surface area contributed by atoms with Crippen molar-refractivity contribution in [2.75, 3.05) is 7.11 Å². The van der Waals surface area contributed by atoms with Crippen LogP contribution in [-0.2, 0) is 0 Å². The van der Waals surface area contributed by atoms with Crippen LogP contribution in [0.15, 0.2) is 36.9 Å². The average Bonchev–Trinajstić information content (AvgIpc) is 3.01. The minimum atomic E-state index is 0.118. The van der Waals surface area contributed by atoms with E-state index in [1.54, 1.807) is 30.4 Å². The molecule has 2 aromatic heterocycles. The monoisotopic (exact) mass is 301 g/mol. The smallest absolute Gasteiger partial charge is 0.239 e. The molecule has 7 heteroatoms. The summed E-state index contributed by atoms with van der Waals surface area (Å²) in [6.07, 6.45) is 4.98. The van der Waals surface area contributed by atoms with Crippen LogP contribution in [0.25, 0.3) is 17.3 Å². The largest absolute Gasteiger partial charge is 0.496 e. The minimum absolute atomic E-state index is 0.118. The normalized spacial score (nSPS) is 10.6. The van der Waals surface area contributed by atoms with E-state index in [0.29, 0.717) is 17.5 Å². The second-order valence-electron chi connectivity index (χ2n) is 4.40. The van der Waals surface area contributed by atoms with Crippen LogP contribution in [0.4, 0.5) is 0 Å². The van der Waals surface area contributed by atoms with Crippen LogP contribution < -0.4 is 4.74 Å². The molecule has 6 nitrogen and oxygen atoms in total. The molecular weight excluding hydrogens is 290 g/mol. The van der Waals surface area contributed by atoms with Gasteiger partial charge in [-0.05, 0) is 30.7 Å². The van der Waals surface area contributed by atoms with Crippen molar-refractivity contribution in [3.05, 3.63) is 47.8 Å². The number of benzene rings is 1. The molecule has 3 aromatic rings. The third-order valence-electron chi connectivity index (χ3n) is 2.93. The molecule has 106 valence electrons. The van der Waals surface area contributed by atoms with Crippen molar-refractivity contribution in [2.45, 2.75) is 6.92 Å². The maximum Gasteiger partial charge on any atom is 0.239 e. The molecule has 3 rings (SSSR count). The van der Waals surface area contributed by atoms with E-state index < -0.39 is 0 Å². The Morgan fingerprint density at radius 3 is 2.76 bits per heavy atom. The van der Waals surface area contributed by atoms with E-state index in [-0.39, 0.29) is 5.28 Å². The van der Waals surface area contributed by atoms with Gasteiger partial charge in [-0.1, -0.05) is 11.6 Å². The van der Waals surface area contributed by atoms with E-state index in [2.05, 4.69) is 19.9 Å². The first-order valence-corrected chi connectivity index (χ1v) is 6.60. The molecule has 0 atom stereocenters. The van der Waals surface area contributed by atoms with E-state index >= 15 is 0 Å². The zero-order chi connectivity index (χ0) is 14.8. The van der Waals surface area contributed by atoms with Crippen LogP contribution >= 0.6 is 11.6 Å². The fourth-order valence-electron chi connectivity index (χ4n) is 1.95. The van der Waals surface area contributed by atoms with Gasteiger partial charge >= 0.3 is 0 Å². The summed E-state index contributed by atoms with van der Waals surface area (Å²) in [6, 6.07) is 5.78. The molecule has 1 aromatic carbocycles. The third kappa shape index (κ3) is 2.71. The Bertz CT molecular complexity index is 773. The Morgan fingerprint density at radius 1 is 1.19 bits per heavy atom. The molecule has 0 fully saturated rings. The standard InChI is InChI=1S/C14H12ClN5O/c1-9-3-4-11(21-2)10(7-9)12-17-13(15)19-14(18-12)20-6-5-16-8-20/h3-8H,1-2H3. The van der Waals surface area contributed by atoms with E-state index in [9.17, 15) is 0 Å². The Hall–Kier alpha value is -2.47. The number of aromatic nitrogens is 5. The lowest BCUT2D eigenvalue weighted by Crippen LogP contribution is -2.03. The molecular formula is C14H12ClN5O. The van der Waals surface area contributed by atoms with Gasteiger partial charge in [0.1, 0.15) is 12.1 Å². The number of hydrogen-bond donors (Lipinski definition) is 0. The predicted octanol–water partition coefficient (Wildman–Crippen LogP) is 2.69. The molecule has 2 heterocycles. The Labute approximate surface area is 126 Å². The van der Waals surface area contributed by atoms with Crippen LogP contribution in [-0.4, -0.2) is 31.6 Å². The quantitative estimate of drug-likeness (QED) is 0.744. The van der Waals surface area contributed by atoms with Gasteiger partial charge < -0.3 is 4.74 Å². The molecule has 0 saturated heterocycles. The van der Waals surface area contributed by atoms with Crippen LogP contribution in [0, 0.1) is 6.92 Å². The number of imidazole rings is 1. The van der Waals surface area contributed by atoms with Gasteiger partial charge in [-0.2, -0.15) is 15.0 Å². The highest BCUT2D eigenvalue weighted by Gasteiger charge is 2.13. The van der Waals surface area contributed by atoms with Gasteiger partial charge in [0.25, 0.3) is 0 Å². The minimum Gasteiger partial charge on any atom is -0.496 e. The van der Waals surface area contributed by atoms with Crippen molar-refractivity contribution in [3.63, 3.8) is 0 Å². The Kier molecular flexibility index (Phi) is 3.53. The highest BCUT2D eigenvalue weighted by molar-refractivity contribution is 6.28. The fourth-order valence-corrected chi connectivity index (χ4v) is 2.11. The SMILES string of the molecule is COc1ccc(C)cc1-c1nc(Cl)nc(-n2ccnc2)n1. The van der Waals surface area contributed by atoms with Crippen molar-refractivity contribution in [1.29, 1.82) is 0 Å². The summed E-state index contributed by atoms with van der Waals surface area (Å²) in [4.78, 5) is 16.7. The van der Waals surface area contributed by atoms with Crippen molar-refractivity contribution in [3.8, 4) is 23.1 Å². The van der Waals surface area contributed by atoms with Gasteiger partial charge in [0, 0.05) is 12.4 Å². The van der Waals surface area contributed by atoms with Gasteiger partial charge in [0.05, 0.1) is 12.7 Å². The second kappa shape index (κ2) is 5.49. The first-order chi connectivity index (χ1) is 10.2. The molecule has 0 aliphatic carbocycles. The molecule has 21 heavy (non-hydrogen) atoms. The Morgan fingerprint density at radius 2 is 2.05 bits per heavy atom. The summed E-state index contributed by atoms with van der Waals surface area (Å²) >= 11 is 6.02. The number of rotatable bonds is 3. The summed E-state index contributed by atoms with van der Waals surface area (Å²) in [5, 5.41) is 0.118. The summed E-state index contributed by atoms with van der Waals surface area (Å²) in [5.74, 6) is 1.55. The number of halogens is 1. The summed E-state index contributed by atoms with van der Waals surface area (Å²) in [5.41, 5.74) is 1.84. The molecule has 0 N–H and O–H groups in total. The highest BCUT2D eigenvalue weighted by Crippen LogP contribution is 2.29. The van der Waals surface area contributed by atoms with Crippen LogP contribution in [0.5, 0.6) is 5.75 Å². The van der Waals surface area contributed by atoms with Gasteiger partial charge in [-0.15, -0.1) is 0 Å². The zero-order valence-electron chi connectivity index (χ0n) is 11.5. The topological polar surface area (TPSA) is 65.7 Å². The number of nitrogens with zero attached hydrogens (tertiary/aromatic N) is 5. The van der Waals surface area contributed by atoms with E-state index in [4.69, 9.17) is 16.3 Å². The molecule has 0 aliphatic rings. The van der Waals surface area contributed by atoms with E-state index in [0.717, 1.165) is 11.1 Å². The highest BCUT2D eigenvalue weighted by atomic mass is 35.5. The molecule has 0 bridgehead atoms.